The lowest BCUT2D eigenvalue weighted by Gasteiger charge is -2.40. The quantitative estimate of drug-likeness (QED) is 0.607. The summed E-state index contributed by atoms with van der Waals surface area (Å²) in [5.74, 6) is -0.870. The van der Waals surface area contributed by atoms with Gasteiger partial charge in [-0.2, -0.15) is 17.6 Å². The van der Waals surface area contributed by atoms with Crippen molar-refractivity contribution in [2.45, 2.75) is 25.2 Å². The number of hydrogen-bond acceptors (Lipinski definition) is 5. The summed E-state index contributed by atoms with van der Waals surface area (Å²) in [6, 6.07) is 0.300. The number of nitrogens with one attached hydrogen (secondary N) is 2. The number of aromatic nitrogens is 3. The molecule has 2 unspecified atom stereocenters. The minimum atomic E-state index is -4.46. The highest BCUT2D eigenvalue weighted by molar-refractivity contribution is 6.32. The number of pyridine rings is 1. The molecule has 0 spiro atoms. The third-order valence-electron chi connectivity index (χ3n) is 4.08. The zero-order chi connectivity index (χ0) is 19.1. The van der Waals surface area contributed by atoms with Crippen LogP contribution in [0.1, 0.15) is 6.92 Å². The van der Waals surface area contributed by atoms with Gasteiger partial charge in [0.15, 0.2) is 5.82 Å². The second-order valence-corrected chi connectivity index (χ2v) is 6.30. The molecule has 0 aliphatic carbocycles. The molecular formula is C15H14ClF4N5O. The fourth-order valence-electron chi connectivity index (χ4n) is 2.70. The van der Waals surface area contributed by atoms with Crippen molar-refractivity contribution in [3.8, 4) is 11.4 Å². The molecule has 2 aromatic rings. The molecule has 3 heterocycles. The van der Waals surface area contributed by atoms with Gasteiger partial charge in [0, 0.05) is 37.0 Å². The van der Waals surface area contributed by atoms with Crippen molar-refractivity contribution in [2.75, 3.05) is 18.0 Å². The molecular weight excluding hydrogens is 378 g/mol. The standard InChI is InChI=1S/C15H14ClF4N5O/c1-7-5-22-9(15(18,19)20)6-25(7)13-11(16)14(26)24-12(23-13)8-2-3-21-10(17)4-8/h2-4,7,9,22H,5-6H2,1H3,(H,23,24,26). The van der Waals surface area contributed by atoms with Crippen LogP contribution in [-0.2, 0) is 0 Å². The van der Waals surface area contributed by atoms with Gasteiger partial charge in [-0.05, 0) is 13.0 Å². The van der Waals surface area contributed by atoms with E-state index >= 15 is 0 Å². The smallest absolute Gasteiger partial charge is 0.349 e. The highest BCUT2D eigenvalue weighted by atomic mass is 35.5. The Morgan fingerprint density at radius 2 is 2.12 bits per heavy atom. The van der Waals surface area contributed by atoms with Gasteiger partial charge >= 0.3 is 6.18 Å². The molecule has 2 N–H and O–H groups in total. The number of anilines is 1. The number of H-pyrrole nitrogens is 1. The van der Waals surface area contributed by atoms with Gasteiger partial charge in [0.2, 0.25) is 5.95 Å². The van der Waals surface area contributed by atoms with Crippen molar-refractivity contribution >= 4 is 17.4 Å². The average Bonchev–Trinajstić information content (AvgIpc) is 2.57. The van der Waals surface area contributed by atoms with Crippen LogP contribution in [0.15, 0.2) is 23.1 Å². The van der Waals surface area contributed by atoms with Gasteiger partial charge in [-0.1, -0.05) is 11.6 Å². The summed E-state index contributed by atoms with van der Waals surface area (Å²) >= 11 is 6.01. The van der Waals surface area contributed by atoms with E-state index in [2.05, 4.69) is 20.3 Å². The maximum absolute atomic E-state index is 13.3. The number of aromatic amines is 1. The van der Waals surface area contributed by atoms with E-state index in [1.54, 1.807) is 6.92 Å². The topological polar surface area (TPSA) is 73.9 Å². The first-order valence-corrected chi connectivity index (χ1v) is 8.03. The lowest BCUT2D eigenvalue weighted by atomic mass is 10.1. The van der Waals surface area contributed by atoms with E-state index in [1.807, 2.05) is 0 Å². The molecule has 1 aliphatic rings. The predicted molar refractivity (Wildman–Crippen MR) is 87.7 cm³/mol. The third kappa shape index (κ3) is 3.65. The molecule has 6 nitrogen and oxygen atoms in total. The summed E-state index contributed by atoms with van der Waals surface area (Å²) in [6.07, 6.45) is -3.27. The van der Waals surface area contributed by atoms with Crippen molar-refractivity contribution in [1.29, 1.82) is 0 Å². The number of alkyl halides is 3. The first-order chi connectivity index (χ1) is 12.2. The Hall–Kier alpha value is -2.20. The van der Waals surface area contributed by atoms with Crippen LogP contribution in [0.3, 0.4) is 0 Å². The third-order valence-corrected chi connectivity index (χ3v) is 4.42. The van der Waals surface area contributed by atoms with Gasteiger partial charge in [-0.3, -0.25) is 4.79 Å². The number of piperazine rings is 1. The summed E-state index contributed by atoms with van der Waals surface area (Å²) in [6.45, 7) is 1.27. The monoisotopic (exact) mass is 391 g/mol. The summed E-state index contributed by atoms with van der Waals surface area (Å²) in [4.78, 5) is 23.5. The maximum atomic E-state index is 13.3. The van der Waals surface area contributed by atoms with Crippen LogP contribution in [-0.4, -0.2) is 46.3 Å². The lowest BCUT2D eigenvalue weighted by Crippen LogP contribution is -2.61. The Labute approximate surface area is 150 Å². The van der Waals surface area contributed by atoms with Crippen molar-refractivity contribution in [3.05, 3.63) is 39.7 Å². The zero-order valence-corrected chi connectivity index (χ0v) is 14.2. The molecule has 140 valence electrons. The highest BCUT2D eigenvalue weighted by Gasteiger charge is 2.44. The Morgan fingerprint density at radius 1 is 1.38 bits per heavy atom. The molecule has 0 radical (unpaired) electrons. The van der Waals surface area contributed by atoms with Gasteiger partial charge < -0.3 is 15.2 Å². The fraction of sp³-hybridized carbons (Fsp3) is 0.400. The van der Waals surface area contributed by atoms with E-state index in [-0.39, 0.29) is 34.8 Å². The molecule has 1 aliphatic heterocycles. The van der Waals surface area contributed by atoms with Crippen LogP contribution in [0.25, 0.3) is 11.4 Å². The van der Waals surface area contributed by atoms with Crippen molar-refractivity contribution in [1.82, 2.24) is 20.3 Å². The van der Waals surface area contributed by atoms with Crippen LogP contribution in [0.2, 0.25) is 5.02 Å². The Bertz CT molecular complexity index is 872. The molecule has 1 fully saturated rings. The van der Waals surface area contributed by atoms with E-state index in [9.17, 15) is 22.4 Å². The maximum Gasteiger partial charge on any atom is 0.405 e. The van der Waals surface area contributed by atoms with E-state index < -0.39 is 30.3 Å². The highest BCUT2D eigenvalue weighted by Crippen LogP contribution is 2.30. The SMILES string of the molecule is CC1CNC(C(F)(F)F)CN1c1nc(-c2ccnc(F)c2)[nH]c(=O)c1Cl. The van der Waals surface area contributed by atoms with Crippen molar-refractivity contribution in [3.63, 3.8) is 0 Å². The minimum Gasteiger partial charge on any atom is -0.349 e. The number of nitrogens with zero attached hydrogens (tertiary/aromatic N) is 3. The summed E-state index contributed by atoms with van der Waals surface area (Å²) < 4.78 is 52.5. The average molecular weight is 392 g/mol. The molecule has 2 atom stereocenters. The van der Waals surface area contributed by atoms with Crippen LogP contribution in [0.5, 0.6) is 0 Å². The first kappa shape index (κ1) is 18.6. The van der Waals surface area contributed by atoms with E-state index in [1.165, 1.54) is 17.2 Å². The Kier molecular flexibility index (Phi) is 4.89. The second kappa shape index (κ2) is 6.84. The van der Waals surface area contributed by atoms with Gasteiger partial charge in [0.25, 0.3) is 5.56 Å². The summed E-state index contributed by atoms with van der Waals surface area (Å²) in [7, 11) is 0. The normalized spacial score (nSPS) is 21.1. The largest absolute Gasteiger partial charge is 0.405 e. The molecule has 11 heteroatoms. The zero-order valence-electron chi connectivity index (χ0n) is 13.4. The molecule has 3 rings (SSSR count). The minimum absolute atomic E-state index is 0.00927. The number of rotatable bonds is 2. The molecule has 2 aromatic heterocycles. The molecule has 26 heavy (non-hydrogen) atoms. The van der Waals surface area contributed by atoms with E-state index in [4.69, 9.17) is 11.6 Å². The lowest BCUT2D eigenvalue weighted by molar-refractivity contribution is -0.156. The Balaban J connectivity index is 2.05. The van der Waals surface area contributed by atoms with Crippen LogP contribution >= 0.6 is 11.6 Å². The van der Waals surface area contributed by atoms with E-state index in [0.717, 1.165) is 6.07 Å². The number of hydrogen-bond donors (Lipinski definition) is 2. The van der Waals surface area contributed by atoms with E-state index in [0.29, 0.717) is 0 Å². The Morgan fingerprint density at radius 3 is 2.77 bits per heavy atom. The van der Waals surface area contributed by atoms with Crippen molar-refractivity contribution in [2.24, 2.45) is 0 Å². The van der Waals surface area contributed by atoms with Gasteiger partial charge in [-0.25, -0.2) is 9.97 Å². The van der Waals surface area contributed by atoms with Crippen LogP contribution in [0.4, 0.5) is 23.4 Å². The van der Waals surface area contributed by atoms with Gasteiger partial charge in [0.05, 0.1) is 0 Å². The molecule has 0 aromatic carbocycles. The molecule has 1 saturated heterocycles. The first-order valence-electron chi connectivity index (χ1n) is 7.65. The van der Waals surface area contributed by atoms with Crippen LogP contribution in [0, 0.1) is 5.95 Å². The van der Waals surface area contributed by atoms with Gasteiger partial charge in [-0.15, -0.1) is 0 Å². The molecule has 0 saturated carbocycles. The molecule has 0 amide bonds. The summed E-state index contributed by atoms with van der Waals surface area (Å²) in [5, 5.41) is 2.09. The van der Waals surface area contributed by atoms with Crippen molar-refractivity contribution < 1.29 is 17.6 Å². The predicted octanol–water partition coefficient (Wildman–Crippen LogP) is 2.35. The van der Waals surface area contributed by atoms with Crippen LogP contribution < -0.4 is 15.8 Å². The fourth-order valence-corrected chi connectivity index (χ4v) is 2.90. The second-order valence-electron chi connectivity index (χ2n) is 5.92. The molecule has 0 bridgehead atoms. The number of halogens is 5. The van der Waals surface area contributed by atoms with Gasteiger partial charge in [0.1, 0.15) is 16.9 Å². The summed E-state index contributed by atoms with van der Waals surface area (Å²) in [5.41, 5.74) is -0.499.